The van der Waals surface area contributed by atoms with E-state index in [4.69, 9.17) is 10.00 Å². The Labute approximate surface area is 109 Å². The molecule has 0 aliphatic carbocycles. The van der Waals surface area contributed by atoms with Crippen LogP contribution in [-0.2, 0) is 4.74 Å². The summed E-state index contributed by atoms with van der Waals surface area (Å²) < 4.78 is 5.27. The van der Waals surface area contributed by atoms with Gasteiger partial charge < -0.3 is 15.4 Å². The molecule has 1 fully saturated rings. The Morgan fingerprint density at radius 3 is 3.11 bits per heavy atom. The standard InChI is InChI=1S/C11H13N5O3/c1-19-10-6-13-5-8(10)15-11-9(16(17)18)2-7(3-12)4-14-11/h2,4,8,10,13H,5-6H2,1H3,(H,14,15)/t8?,10-/m0/s1. The van der Waals surface area contributed by atoms with Gasteiger partial charge in [0.05, 0.1) is 22.6 Å². The van der Waals surface area contributed by atoms with Crippen molar-refractivity contribution in [2.75, 3.05) is 25.5 Å². The molecular formula is C11H13N5O3. The maximum atomic E-state index is 11.0. The van der Waals surface area contributed by atoms with Crippen molar-refractivity contribution in [3.63, 3.8) is 0 Å². The minimum Gasteiger partial charge on any atom is -0.378 e. The third-order valence-electron chi connectivity index (χ3n) is 2.98. The molecule has 2 rings (SSSR count). The summed E-state index contributed by atoms with van der Waals surface area (Å²) >= 11 is 0. The summed E-state index contributed by atoms with van der Waals surface area (Å²) in [6.07, 6.45) is 1.23. The Morgan fingerprint density at radius 2 is 2.47 bits per heavy atom. The van der Waals surface area contributed by atoms with Gasteiger partial charge in [0.1, 0.15) is 6.07 Å². The minimum absolute atomic E-state index is 0.0722. The summed E-state index contributed by atoms with van der Waals surface area (Å²) in [5.74, 6) is 0.153. The van der Waals surface area contributed by atoms with Gasteiger partial charge in [-0.2, -0.15) is 5.26 Å². The second-order valence-corrected chi connectivity index (χ2v) is 4.14. The first-order valence-corrected chi connectivity index (χ1v) is 5.70. The molecule has 19 heavy (non-hydrogen) atoms. The van der Waals surface area contributed by atoms with Gasteiger partial charge in [-0.15, -0.1) is 0 Å². The Balaban J connectivity index is 2.25. The van der Waals surface area contributed by atoms with E-state index in [1.165, 1.54) is 12.3 Å². The van der Waals surface area contributed by atoms with Crippen LogP contribution >= 0.6 is 0 Å². The van der Waals surface area contributed by atoms with Crippen molar-refractivity contribution < 1.29 is 9.66 Å². The van der Waals surface area contributed by atoms with Crippen molar-refractivity contribution in [1.29, 1.82) is 5.26 Å². The van der Waals surface area contributed by atoms with Crippen LogP contribution in [0.4, 0.5) is 11.5 Å². The van der Waals surface area contributed by atoms with Crippen molar-refractivity contribution in [2.45, 2.75) is 12.1 Å². The lowest BCUT2D eigenvalue weighted by Crippen LogP contribution is -2.34. The molecule has 8 heteroatoms. The monoisotopic (exact) mass is 263 g/mol. The zero-order valence-corrected chi connectivity index (χ0v) is 10.3. The van der Waals surface area contributed by atoms with Gasteiger partial charge in [0.25, 0.3) is 0 Å². The lowest BCUT2D eigenvalue weighted by atomic mass is 10.2. The van der Waals surface area contributed by atoms with Gasteiger partial charge in [-0.1, -0.05) is 0 Å². The van der Waals surface area contributed by atoms with E-state index in [0.717, 1.165) is 0 Å². The molecule has 1 aliphatic rings. The van der Waals surface area contributed by atoms with E-state index in [1.54, 1.807) is 7.11 Å². The highest BCUT2D eigenvalue weighted by Crippen LogP contribution is 2.24. The summed E-state index contributed by atoms with van der Waals surface area (Å²) in [6, 6.07) is 2.95. The van der Waals surface area contributed by atoms with Crippen LogP contribution in [0.2, 0.25) is 0 Å². The minimum atomic E-state index is -0.555. The smallest absolute Gasteiger partial charge is 0.312 e. The molecule has 1 aromatic heterocycles. The Bertz CT molecular complexity index is 528. The summed E-state index contributed by atoms with van der Waals surface area (Å²) in [4.78, 5) is 14.4. The molecule has 0 saturated carbocycles. The van der Waals surface area contributed by atoms with Gasteiger partial charge >= 0.3 is 5.69 Å². The molecule has 1 aromatic rings. The molecule has 2 heterocycles. The van der Waals surface area contributed by atoms with E-state index in [9.17, 15) is 10.1 Å². The molecule has 0 spiro atoms. The first-order valence-electron chi connectivity index (χ1n) is 5.70. The summed E-state index contributed by atoms with van der Waals surface area (Å²) in [5, 5.41) is 25.8. The summed E-state index contributed by atoms with van der Waals surface area (Å²) in [5.41, 5.74) is -0.0501. The van der Waals surface area contributed by atoms with Gasteiger partial charge in [0, 0.05) is 32.5 Å². The molecule has 1 aliphatic heterocycles. The molecular weight excluding hydrogens is 250 g/mol. The number of nitrogens with zero attached hydrogens (tertiary/aromatic N) is 3. The average molecular weight is 263 g/mol. The fourth-order valence-corrected chi connectivity index (χ4v) is 1.99. The largest absolute Gasteiger partial charge is 0.378 e. The molecule has 2 atom stereocenters. The van der Waals surface area contributed by atoms with E-state index in [-0.39, 0.29) is 29.2 Å². The van der Waals surface area contributed by atoms with Crippen LogP contribution < -0.4 is 10.6 Å². The highest BCUT2D eigenvalue weighted by Gasteiger charge is 2.29. The third-order valence-corrected chi connectivity index (χ3v) is 2.98. The lowest BCUT2D eigenvalue weighted by molar-refractivity contribution is -0.384. The number of ether oxygens (including phenoxy) is 1. The topological polar surface area (TPSA) is 113 Å². The molecule has 0 aromatic carbocycles. The number of hydrogen-bond acceptors (Lipinski definition) is 7. The van der Waals surface area contributed by atoms with Gasteiger partial charge in [0.15, 0.2) is 0 Å². The second kappa shape index (κ2) is 5.60. The SMILES string of the molecule is CO[C@H]1CNCC1Nc1ncc(C#N)cc1[N+](=O)[O-]. The van der Waals surface area contributed by atoms with Gasteiger partial charge in [0.2, 0.25) is 5.82 Å². The number of nitrogens with one attached hydrogen (secondary N) is 2. The lowest BCUT2D eigenvalue weighted by Gasteiger charge is -2.18. The molecule has 1 saturated heterocycles. The molecule has 0 amide bonds. The highest BCUT2D eigenvalue weighted by atomic mass is 16.6. The molecule has 8 nitrogen and oxygen atoms in total. The fraction of sp³-hybridized carbons (Fsp3) is 0.455. The zero-order valence-electron chi connectivity index (χ0n) is 10.3. The van der Waals surface area contributed by atoms with Crippen LogP contribution in [0.1, 0.15) is 5.56 Å². The number of aromatic nitrogens is 1. The van der Waals surface area contributed by atoms with Crippen molar-refractivity contribution in [3.05, 3.63) is 27.9 Å². The first-order chi connectivity index (χ1) is 9.15. The number of hydrogen-bond donors (Lipinski definition) is 2. The predicted molar refractivity (Wildman–Crippen MR) is 66.7 cm³/mol. The van der Waals surface area contributed by atoms with Crippen molar-refractivity contribution in [3.8, 4) is 6.07 Å². The Kier molecular flexibility index (Phi) is 3.89. The molecule has 0 bridgehead atoms. The number of rotatable bonds is 4. The Hall–Kier alpha value is -2.24. The van der Waals surface area contributed by atoms with Crippen LogP contribution in [0.5, 0.6) is 0 Å². The number of anilines is 1. The van der Waals surface area contributed by atoms with E-state index in [2.05, 4.69) is 15.6 Å². The average Bonchev–Trinajstić information content (AvgIpc) is 2.86. The highest BCUT2D eigenvalue weighted by molar-refractivity contribution is 5.59. The van der Waals surface area contributed by atoms with Crippen LogP contribution in [0.3, 0.4) is 0 Å². The van der Waals surface area contributed by atoms with Crippen molar-refractivity contribution in [2.24, 2.45) is 0 Å². The van der Waals surface area contributed by atoms with E-state index in [1.807, 2.05) is 6.07 Å². The number of nitriles is 1. The van der Waals surface area contributed by atoms with Crippen molar-refractivity contribution in [1.82, 2.24) is 10.3 Å². The molecule has 100 valence electrons. The van der Waals surface area contributed by atoms with Crippen LogP contribution in [0, 0.1) is 21.4 Å². The number of pyridine rings is 1. The molecule has 1 unspecified atom stereocenters. The molecule has 0 radical (unpaired) electrons. The van der Waals surface area contributed by atoms with E-state index >= 15 is 0 Å². The van der Waals surface area contributed by atoms with Gasteiger partial charge in [-0.05, 0) is 0 Å². The second-order valence-electron chi connectivity index (χ2n) is 4.14. The van der Waals surface area contributed by atoms with E-state index < -0.39 is 4.92 Å². The van der Waals surface area contributed by atoms with Crippen molar-refractivity contribution >= 4 is 11.5 Å². The first kappa shape index (κ1) is 13.2. The quantitative estimate of drug-likeness (QED) is 0.591. The van der Waals surface area contributed by atoms with Crippen LogP contribution in [0.25, 0.3) is 0 Å². The zero-order chi connectivity index (χ0) is 13.8. The molecule has 2 N–H and O–H groups in total. The van der Waals surface area contributed by atoms with Crippen LogP contribution in [0.15, 0.2) is 12.3 Å². The summed E-state index contributed by atoms with van der Waals surface area (Å²) in [7, 11) is 1.59. The van der Waals surface area contributed by atoms with Gasteiger partial charge in [-0.3, -0.25) is 10.1 Å². The maximum Gasteiger partial charge on any atom is 0.312 e. The van der Waals surface area contributed by atoms with E-state index in [0.29, 0.717) is 13.1 Å². The number of methoxy groups -OCH3 is 1. The Morgan fingerprint density at radius 1 is 1.68 bits per heavy atom. The summed E-state index contributed by atoms with van der Waals surface area (Å²) in [6.45, 7) is 1.32. The van der Waals surface area contributed by atoms with Gasteiger partial charge in [-0.25, -0.2) is 4.98 Å². The fourth-order valence-electron chi connectivity index (χ4n) is 1.99. The number of nitro groups is 1. The third kappa shape index (κ3) is 2.78. The maximum absolute atomic E-state index is 11.0. The predicted octanol–water partition coefficient (Wildman–Crippen LogP) is 0.260. The van der Waals surface area contributed by atoms with Crippen LogP contribution in [-0.4, -0.2) is 42.3 Å². The normalized spacial score (nSPS) is 21.9.